The number of aromatic nitrogens is 1. The molecule has 1 aromatic carbocycles. The van der Waals surface area contributed by atoms with Gasteiger partial charge in [-0.25, -0.2) is 4.98 Å². The zero-order valence-corrected chi connectivity index (χ0v) is 17.0. The van der Waals surface area contributed by atoms with Crippen molar-refractivity contribution in [3.63, 3.8) is 0 Å². The molecule has 8 heteroatoms. The molecule has 2 aromatic rings. The molecule has 1 amide bonds. The first-order valence-corrected chi connectivity index (χ1v) is 8.56. The minimum Gasteiger partial charge on any atom is -0.495 e. The molecule has 0 aliphatic carbocycles. The summed E-state index contributed by atoms with van der Waals surface area (Å²) in [6.45, 7) is 3.06. The number of methoxy groups -OCH3 is 1. The lowest BCUT2D eigenvalue weighted by molar-refractivity contribution is 0.0926. The molecule has 2 unspecified atom stereocenters. The normalized spacial score (nSPS) is 18.4. The van der Waals surface area contributed by atoms with E-state index in [1.165, 1.54) is 0 Å². The van der Waals surface area contributed by atoms with Crippen molar-refractivity contribution in [2.45, 2.75) is 31.8 Å². The number of rotatable bonds is 5. The van der Waals surface area contributed by atoms with Crippen molar-refractivity contribution >= 4 is 42.2 Å². The van der Waals surface area contributed by atoms with Gasteiger partial charge in [-0.3, -0.25) is 4.79 Å². The number of nitrogens with zero attached hydrogens (tertiary/aromatic N) is 1. The Bertz CT molecular complexity index is 745. The van der Waals surface area contributed by atoms with E-state index in [-0.39, 0.29) is 36.8 Å². The van der Waals surface area contributed by atoms with Crippen LogP contribution in [0.1, 0.15) is 30.1 Å². The van der Waals surface area contributed by atoms with Crippen LogP contribution in [0.3, 0.4) is 0 Å². The number of hydrogen-bond donors (Lipinski definition) is 3. The molecule has 3 N–H and O–H groups in total. The SMILES string of the molecule is COc1ccccc1Nc1ncccc1C(=O)NC1CCNC(C)C1.Cl.Cl. The van der Waals surface area contributed by atoms with Crippen LogP contribution in [-0.2, 0) is 0 Å². The molecule has 0 radical (unpaired) electrons. The van der Waals surface area contributed by atoms with Gasteiger partial charge in [0.25, 0.3) is 5.91 Å². The topological polar surface area (TPSA) is 75.3 Å². The Morgan fingerprint density at radius 3 is 2.74 bits per heavy atom. The van der Waals surface area contributed by atoms with Crippen molar-refractivity contribution in [1.29, 1.82) is 0 Å². The molecule has 1 fully saturated rings. The van der Waals surface area contributed by atoms with Crippen LogP contribution in [-0.4, -0.2) is 36.6 Å². The lowest BCUT2D eigenvalue weighted by Crippen LogP contribution is -2.46. The van der Waals surface area contributed by atoms with E-state index in [1.807, 2.05) is 24.3 Å². The lowest BCUT2D eigenvalue weighted by Gasteiger charge is -2.28. The van der Waals surface area contributed by atoms with Crippen molar-refractivity contribution in [2.75, 3.05) is 19.0 Å². The molecule has 0 saturated carbocycles. The minimum absolute atomic E-state index is 0. The van der Waals surface area contributed by atoms with Gasteiger partial charge in [-0.05, 0) is 50.6 Å². The maximum Gasteiger partial charge on any atom is 0.255 e. The smallest absolute Gasteiger partial charge is 0.255 e. The Balaban J connectivity index is 0.00000182. The summed E-state index contributed by atoms with van der Waals surface area (Å²) in [6.07, 6.45) is 3.54. The highest BCUT2D eigenvalue weighted by Crippen LogP contribution is 2.27. The van der Waals surface area contributed by atoms with Crippen LogP contribution in [0.5, 0.6) is 5.75 Å². The predicted molar refractivity (Wildman–Crippen MR) is 113 cm³/mol. The molecule has 1 aliphatic heterocycles. The average Bonchev–Trinajstić information content (AvgIpc) is 2.62. The van der Waals surface area contributed by atoms with E-state index >= 15 is 0 Å². The second kappa shape index (κ2) is 11.0. The monoisotopic (exact) mass is 412 g/mol. The first-order valence-electron chi connectivity index (χ1n) is 8.56. The third-order valence-corrected chi connectivity index (χ3v) is 4.37. The molecular weight excluding hydrogens is 387 g/mol. The van der Waals surface area contributed by atoms with Gasteiger partial charge in [0.05, 0.1) is 18.4 Å². The number of hydrogen-bond acceptors (Lipinski definition) is 5. The number of halogens is 2. The van der Waals surface area contributed by atoms with E-state index in [0.29, 0.717) is 23.2 Å². The third kappa shape index (κ3) is 5.99. The van der Waals surface area contributed by atoms with Gasteiger partial charge in [-0.2, -0.15) is 0 Å². The van der Waals surface area contributed by atoms with E-state index < -0.39 is 0 Å². The summed E-state index contributed by atoms with van der Waals surface area (Å²) in [6, 6.07) is 11.7. The number of benzene rings is 1. The van der Waals surface area contributed by atoms with Gasteiger partial charge >= 0.3 is 0 Å². The second-order valence-electron chi connectivity index (χ2n) is 6.27. The van der Waals surface area contributed by atoms with E-state index in [0.717, 1.165) is 25.1 Å². The van der Waals surface area contributed by atoms with Gasteiger partial charge in [-0.1, -0.05) is 12.1 Å². The van der Waals surface area contributed by atoms with E-state index in [9.17, 15) is 4.79 Å². The van der Waals surface area contributed by atoms with Gasteiger partial charge in [0.1, 0.15) is 11.6 Å². The summed E-state index contributed by atoms with van der Waals surface area (Å²) in [4.78, 5) is 17.1. The zero-order chi connectivity index (χ0) is 17.6. The molecule has 3 rings (SSSR count). The largest absolute Gasteiger partial charge is 0.495 e. The molecule has 1 aliphatic rings. The van der Waals surface area contributed by atoms with Crippen molar-refractivity contribution in [1.82, 2.24) is 15.6 Å². The standard InChI is InChI=1S/C19H24N4O2.2ClH/c1-13-12-14(9-11-20-13)22-19(24)15-6-5-10-21-18(15)23-16-7-3-4-8-17(16)25-2;;/h3-8,10,13-14,20H,9,11-12H2,1-2H3,(H,21,23)(H,22,24);2*1H. The molecule has 27 heavy (non-hydrogen) atoms. The first kappa shape index (κ1) is 23.0. The fraction of sp³-hybridized carbons (Fsp3) is 0.368. The van der Waals surface area contributed by atoms with E-state index in [2.05, 4.69) is 27.9 Å². The molecular formula is C19H26Cl2N4O2. The Kier molecular flexibility index (Phi) is 9.35. The molecule has 6 nitrogen and oxygen atoms in total. The van der Waals surface area contributed by atoms with Gasteiger partial charge in [-0.15, -0.1) is 24.8 Å². The molecule has 1 aromatic heterocycles. The molecule has 0 bridgehead atoms. The van der Waals surface area contributed by atoms with Gasteiger partial charge in [0.2, 0.25) is 0 Å². The maximum absolute atomic E-state index is 12.7. The Morgan fingerprint density at radius 1 is 1.22 bits per heavy atom. The number of pyridine rings is 1. The van der Waals surface area contributed by atoms with Crippen LogP contribution in [0, 0.1) is 0 Å². The zero-order valence-electron chi connectivity index (χ0n) is 15.4. The summed E-state index contributed by atoms with van der Waals surface area (Å²) in [5, 5.41) is 9.73. The van der Waals surface area contributed by atoms with Crippen LogP contribution in [0.4, 0.5) is 11.5 Å². The van der Waals surface area contributed by atoms with Crippen molar-refractivity contribution in [2.24, 2.45) is 0 Å². The quantitative estimate of drug-likeness (QED) is 0.699. The van der Waals surface area contributed by atoms with Crippen molar-refractivity contribution in [3.05, 3.63) is 48.2 Å². The number of amides is 1. The van der Waals surface area contributed by atoms with Gasteiger partial charge in [0, 0.05) is 18.3 Å². The van der Waals surface area contributed by atoms with Gasteiger partial charge in [0.15, 0.2) is 0 Å². The molecule has 148 valence electrons. The number of piperidine rings is 1. The lowest BCUT2D eigenvalue weighted by atomic mass is 10.0. The number of carbonyl (C=O) groups excluding carboxylic acids is 1. The van der Waals surface area contributed by atoms with Crippen molar-refractivity contribution in [3.8, 4) is 5.75 Å². The highest BCUT2D eigenvalue weighted by atomic mass is 35.5. The summed E-state index contributed by atoms with van der Waals surface area (Å²) in [7, 11) is 1.62. The number of carbonyl (C=O) groups is 1. The molecule has 0 spiro atoms. The van der Waals surface area contributed by atoms with Gasteiger partial charge < -0.3 is 20.7 Å². The second-order valence-corrected chi connectivity index (χ2v) is 6.27. The van der Waals surface area contributed by atoms with E-state index in [1.54, 1.807) is 25.4 Å². The molecule has 2 heterocycles. The average molecular weight is 413 g/mol. The van der Waals surface area contributed by atoms with E-state index in [4.69, 9.17) is 4.74 Å². The Hall–Kier alpha value is -2.02. The van der Waals surface area contributed by atoms with Crippen LogP contribution < -0.4 is 20.7 Å². The van der Waals surface area contributed by atoms with Crippen LogP contribution in [0.15, 0.2) is 42.6 Å². The fourth-order valence-electron chi connectivity index (χ4n) is 3.09. The third-order valence-electron chi connectivity index (χ3n) is 4.37. The number of anilines is 2. The molecule has 2 atom stereocenters. The van der Waals surface area contributed by atoms with Crippen LogP contribution in [0.25, 0.3) is 0 Å². The Labute approximate surface area is 172 Å². The number of nitrogens with one attached hydrogen (secondary N) is 3. The number of para-hydroxylation sites is 2. The summed E-state index contributed by atoms with van der Waals surface area (Å²) >= 11 is 0. The molecule has 1 saturated heterocycles. The van der Waals surface area contributed by atoms with Crippen LogP contribution in [0.2, 0.25) is 0 Å². The summed E-state index contributed by atoms with van der Waals surface area (Å²) in [5.41, 5.74) is 1.30. The van der Waals surface area contributed by atoms with Crippen molar-refractivity contribution < 1.29 is 9.53 Å². The maximum atomic E-state index is 12.7. The summed E-state index contributed by atoms with van der Waals surface area (Å²) < 4.78 is 5.35. The Morgan fingerprint density at radius 2 is 2.00 bits per heavy atom. The minimum atomic E-state index is -0.107. The highest BCUT2D eigenvalue weighted by molar-refractivity contribution is 5.99. The van der Waals surface area contributed by atoms with Crippen LogP contribution >= 0.6 is 24.8 Å². The summed E-state index contributed by atoms with van der Waals surface area (Å²) in [5.74, 6) is 1.11. The highest BCUT2D eigenvalue weighted by Gasteiger charge is 2.22. The predicted octanol–water partition coefficient (Wildman–Crippen LogP) is 3.55. The number of ether oxygens (including phenoxy) is 1. The first-order chi connectivity index (χ1) is 12.2. The fourth-order valence-corrected chi connectivity index (χ4v) is 3.09.